The fraction of sp³-hybridized carbons (Fsp3) is 0.188. The molecule has 0 amide bonds. The van der Waals surface area contributed by atoms with Gasteiger partial charge >= 0.3 is 5.97 Å². The van der Waals surface area contributed by atoms with Crippen molar-refractivity contribution in [2.75, 3.05) is 6.61 Å². The normalized spacial score (nSPS) is 12.1. The van der Waals surface area contributed by atoms with Gasteiger partial charge in [-0.2, -0.15) is 0 Å². The summed E-state index contributed by atoms with van der Waals surface area (Å²) in [5.74, 6) is -2.05. The summed E-state index contributed by atoms with van der Waals surface area (Å²) in [6, 6.07) is 15.2. The summed E-state index contributed by atoms with van der Waals surface area (Å²) in [6.45, 7) is 0.0664. The van der Waals surface area contributed by atoms with Crippen molar-refractivity contribution in [1.29, 1.82) is 0 Å². The second kappa shape index (κ2) is 6.82. The van der Waals surface area contributed by atoms with E-state index in [4.69, 9.17) is 4.74 Å². The van der Waals surface area contributed by atoms with Gasteiger partial charge in [0.25, 0.3) is 0 Å². The molecule has 104 valence electrons. The molecule has 20 heavy (non-hydrogen) atoms. The van der Waals surface area contributed by atoms with Gasteiger partial charge in [0.2, 0.25) is 0 Å². The van der Waals surface area contributed by atoms with Gasteiger partial charge in [0.15, 0.2) is 0 Å². The Morgan fingerprint density at radius 3 is 2.40 bits per heavy atom. The van der Waals surface area contributed by atoms with E-state index in [1.165, 1.54) is 6.07 Å². The number of carboxylic acid groups (broad SMARTS) is 1. The zero-order valence-corrected chi connectivity index (χ0v) is 10.8. The molecule has 0 saturated carbocycles. The average molecular weight is 274 g/mol. The van der Waals surface area contributed by atoms with Gasteiger partial charge < -0.3 is 9.84 Å². The number of hydrogen-bond acceptors (Lipinski definition) is 2. The van der Waals surface area contributed by atoms with Gasteiger partial charge in [0, 0.05) is 5.56 Å². The number of benzene rings is 2. The molecular formula is C16H15FO3. The third kappa shape index (κ3) is 3.65. The molecule has 0 aromatic heterocycles. The van der Waals surface area contributed by atoms with Crippen molar-refractivity contribution in [3.8, 4) is 0 Å². The van der Waals surface area contributed by atoms with Crippen LogP contribution >= 0.6 is 0 Å². The minimum atomic E-state index is -0.954. The van der Waals surface area contributed by atoms with E-state index in [1.807, 2.05) is 6.07 Å². The Morgan fingerprint density at radius 2 is 1.75 bits per heavy atom. The van der Waals surface area contributed by atoms with Crippen molar-refractivity contribution in [3.63, 3.8) is 0 Å². The van der Waals surface area contributed by atoms with Gasteiger partial charge in [-0.3, -0.25) is 4.79 Å². The number of carbonyl (C=O) groups is 1. The molecule has 2 aromatic rings. The molecule has 0 aliphatic carbocycles. The largest absolute Gasteiger partial charge is 0.481 e. The lowest BCUT2D eigenvalue weighted by atomic mass is 10.0. The zero-order valence-electron chi connectivity index (χ0n) is 10.8. The maximum atomic E-state index is 13.4. The smallest absolute Gasteiger partial charge is 0.313 e. The van der Waals surface area contributed by atoms with Gasteiger partial charge in [-0.05, 0) is 11.6 Å². The van der Waals surface area contributed by atoms with Crippen LogP contribution in [0.25, 0.3) is 0 Å². The molecule has 2 aromatic carbocycles. The molecular weight excluding hydrogens is 259 g/mol. The molecule has 0 fully saturated rings. The zero-order chi connectivity index (χ0) is 14.4. The van der Waals surface area contributed by atoms with Crippen LogP contribution in [0.1, 0.15) is 17.0 Å². The van der Waals surface area contributed by atoms with Gasteiger partial charge in [-0.15, -0.1) is 0 Å². The molecule has 0 aliphatic heterocycles. The second-order valence-electron chi connectivity index (χ2n) is 4.41. The van der Waals surface area contributed by atoms with Crippen LogP contribution in [0.5, 0.6) is 0 Å². The van der Waals surface area contributed by atoms with Crippen LogP contribution in [0, 0.1) is 5.82 Å². The Hall–Kier alpha value is -2.20. The molecule has 0 aliphatic rings. The van der Waals surface area contributed by atoms with Crippen LogP contribution in [-0.2, 0) is 16.1 Å². The first-order chi connectivity index (χ1) is 9.68. The highest BCUT2D eigenvalue weighted by Crippen LogP contribution is 2.17. The molecule has 4 heteroatoms. The lowest BCUT2D eigenvalue weighted by Gasteiger charge is -2.13. The molecule has 2 rings (SSSR count). The minimum absolute atomic E-state index is 0.00762. The lowest BCUT2D eigenvalue weighted by Crippen LogP contribution is -2.17. The molecule has 0 saturated heterocycles. The van der Waals surface area contributed by atoms with Crippen molar-refractivity contribution in [2.24, 2.45) is 0 Å². The van der Waals surface area contributed by atoms with E-state index < -0.39 is 11.9 Å². The fourth-order valence-electron chi connectivity index (χ4n) is 1.90. The molecule has 3 nitrogen and oxygen atoms in total. The molecule has 0 radical (unpaired) electrons. The van der Waals surface area contributed by atoms with E-state index in [2.05, 4.69) is 0 Å². The SMILES string of the molecule is O=C(O)C(COCc1ccccc1F)c1ccccc1. The predicted octanol–water partition coefficient (Wildman–Crippen LogP) is 3.21. The van der Waals surface area contributed by atoms with Gasteiger partial charge in [-0.25, -0.2) is 4.39 Å². The number of rotatable bonds is 6. The molecule has 0 heterocycles. The first-order valence-electron chi connectivity index (χ1n) is 6.27. The number of carboxylic acids is 1. The third-order valence-electron chi connectivity index (χ3n) is 3.00. The topological polar surface area (TPSA) is 46.5 Å². The van der Waals surface area contributed by atoms with Crippen LogP contribution < -0.4 is 0 Å². The highest BCUT2D eigenvalue weighted by atomic mass is 19.1. The predicted molar refractivity (Wildman–Crippen MR) is 72.9 cm³/mol. The quantitative estimate of drug-likeness (QED) is 0.879. The minimum Gasteiger partial charge on any atom is -0.481 e. The molecule has 0 spiro atoms. The Morgan fingerprint density at radius 1 is 1.10 bits per heavy atom. The summed E-state index contributed by atoms with van der Waals surface area (Å²) >= 11 is 0. The summed E-state index contributed by atoms with van der Waals surface area (Å²) in [7, 11) is 0. The van der Waals surface area contributed by atoms with Crippen LogP contribution in [0.3, 0.4) is 0 Å². The van der Waals surface area contributed by atoms with Gasteiger partial charge in [0.1, 0.15) is 11.7 Å². The monoisotopic (exact) mass is 274 g/mol. The van der Waals surface area contributed by atoms with E-state index in [1.54, 1.807) is 42.5 Å². The maximum absolute atomic E-state index is 13.4. The Balaban J connectivity index is 1.97. The van der Waals surface area contributed by atoms with Crippen molar-refractivity contribution in [3.05, 3.63) is 71.5 Å². The van der Waals surface area contributed by atoms with Gasteiger partial charge in [-0.1, -0.05) is 48.5 Å². The summed E-state index contributed by atoms with van der Waals surface area (Å²) in [5, 5.41) is 9.22. The van der Waals surface area contributed by atoms with E-state index in [9.17, 15) is 14.3 Å². The van der Waals surface area contributed by atoms with Crippen molar-refractivity contribution < 1.29 is 19.0 Å². The van der Waals surface area contributed by atoms with E-state index in [0.717, 1.165) is 0 Å². The van der Waals surface area contributed by atoms with Crippen LogP contribution in [-0.4, -0.2) is 17.7 Å². The van der Waals surface area contributed by atoms with E-state index in [0.29, 0.717) is 11.1 Å². The Labute approximate surface area is 116 Å². The third-order valence-corrected chi connectivity index (χ3v) is 3.00. The first-order valence-corrected chi connectivity index (χ1v) is 6.27. The van der Waals surface area contributed by atoms with Crippen molar-refractivity contribution in [2.45, 2.75) is 12.5 Å². The highest BCUT2D eigenvalue weighted by Gasteiger charge is 2.19. The van der Waals surface area contributed by atoms with Crippen LogP contribution in [0.4, 0.5) is 4.39 Å². The Kier molecular flexibility index (Phi) is 4.85. The van der Waals surface area contributed by atoms with Crippen molar-refractivity contribution >= 4 is 5.97 Å². The molecule has 1 atom stereocenters. The number of ether oxygens (including phenoxy) is 1. The second-order valence-corrected chi connectivity index (χ2v) is 4.41. The number of aliphatic carboxylic acids is 1. The Bertz CT molecular complexity index is 569. The lowest BCUT2D eigenvalue weighted by molar-refractivity contribution is -0.140. The summed E-state index contributed by atoms with van der Waals surface area (Å²) in [4.78, 5) is 11.3. The van der Waals surface area contributed by atoms with Crippen molar-refractivity contribution in [1.82, 2.24) is 0 Å². The molecule has 1 N–H and O–H groups in total. The van der Waals surface area contributed by atoms with E-state index >= 15 is 0 Å². The fourth-order valence-corrected chi connectivity index (χ4v) is 1.90. The van der Waals surface area contributed by atoms with Gasteiger partial charge in [0.05, 0.1) is 13.2 Å². The van der Waals surface area contributed by atoms with Crippen LogP contribution in [0.2, 0.25) is 0 Å². The molecule has 0 bridgehead atoms. The number of halogens is 1. The van der Waals surface area contributed by atoms with E-state index in [-0.39, 0.29) is 19.0 Å². The number of hydrogen-bond donors (Lipinski definition) is 1. The first kappa shape index (κ1) is 14.2. The van der Waals surface area contributed by atoms with Crippen LogP contribution in [0.15, 0.2) is 54.6 Å². The highest BCUT2D eigenvalue weighted by molar-refractivity contribution is 5.76. The average Bonchev–Trinajstić information content (AvgIpc) is 2.46. The summed E-state index contributed by atoms with van der Waals surface area (Å²) in [5.41, 5.74) is 1.10. The summed E-state index contributed by atoms with van der Waals surface area (Å²) < 4.78 is 18.8. The molecule has 1 unspecified atom stereocenters. The summed E-state index contributed by atoms with van der Waals surface area (Å²) in [6.07, 6.45) is 0. The standard InChI is InChI=1S/C16H15FO3/c17-15-9-5-4-8-13(15)10-20-11-14(16(18)19)12-6-2-1-3-7-12/h1-9,14H,10-11H2,(H,18,19). The maximum Gasteiger partial charge on any atom is 0.313 e.